The van der Waals surface area contributed by atoms with E-state index in [1.807, 2.05) is 0 Å². The predicted molar refractivity (Wildman–Crippen MR) is 73.4 cm³/mol. The molecule has 2 heterocycles. The molecule has 2 atom stereocenters. The number of nitrogens with one attached hydrogen (secondary N) is 1. The molecule has 17 heavy (non-hydrogen) atoms. The normalized spacial score (nSPS) is 31.2. The fourth-order valence-corrected chi connectivity index (χ4v) is 3.38. The summed E-state index contributed by atoms with van der Waals surface area (Å²) in [7, 11) is 4.35. The van der Waals surface area contributed by atoms with Crippen LogP contribution in [-0.4, -0.2) is 62.2 Å². The molecule has 0 radical (unpaired) electrons. The molecule has 0 aromatic heterocycles. The Balaban J connectivity index is 1.79. The number of likely N-dealkylation sites (tertiary alicyclic amines) is 1. The zero-order chi connectivity index (χ0) is 12.1. The summed E-state index contributed by atoms with van der Waals surface area (Å²) in [6.07, 6.45) is 8.36. The first-order valence-corrected chi connectivity index (χ1v) is 7.39. The summed E-state index contributed by atoms with van der Waals surface area (Å²) >= 11 is 0. The summed E-state index contributed by atoms with van der Waals surface area (Å²) in [6.45, 7) is 5.09. The molecule has 100 valence electrons. The van der Waals surface area contributed by atoms with E-state index in [4.69, 9.17) is 0 Å². The minimum Gasteiger partial charge on any atom is -0.312 e. The van der Waals surface area contributed by atoms with Gasteiger partial charge in [-0.25, -0.2) is 0 Å². The van der Waals surface area contributed by atoms with Crippen LogP contribution in [-0.2, 0) is 0 Å². The molecule has 0 bridgehead atoms. The highest BCUT2D eigenvalue weighted by atomic mass is 15.2. The highest BCUT2D eigenvalue weighted by Gasteiger charge is 2.30. The smallest absolute Gasteiger partial charge is 0.0249 e. The van der Waals surface area contributed by atoms with Gasteiger partial charge in [0.05, 0.1) is 0 Å². The molecular weight excluding hydrogens is 210 g/mol. The third-order valence-electron chi connectivity index (χ3n) is 4.28. The molecular formula is C14H29N3. The number of piperidine rings is 1. The maximum Gasteiger partial charge on any atom is 0.0249 e. The van der Waals surface area contributed by atoms with Crippen LogP contribution in [0.5, 0.6) is 0 Å². The molecule has 0 aromatic carbocycles. The summed E-state index contributed by atoms with van der Waals surface area (Å²) in [4.78, 5) is 5.06. The van der Waals surface area contributed by atoms with Gasteiger partial charge in [-0.1, -0.05) is 6.42 Å². The van der Waals surface area contributed by atoms with Crippen LogP contribution in [0.15, 0.2) is 0 Å². The largest absolute Gasteiger partial charge is 0.312 e. The minimum atomic E-state index is 0.787. The Morgan fingerprint density at radius 2 is 2.06 bits per heavy atom. The van der Waals surface area contributed by atoms with Crippen molar-refractivity contribution in [1.82, 2.24) is 15.1 Å². The second-order valence-corrected chi connectivity index (χ2v) is 5.96. The van der Waals surface area contributed by atoms with Crippen molar-refractivity contribution in [2.24, 2.45) is 0 Å². The Labute approximate surface area is 107 Å². The minimum absolute atomic E-state index is 0.787. The monoisotopic (exact) mass is 239 g/mol. The second kappa shape index (κ2) is 6.72. The second-order valence-electron chi connectivity index (χ2n) is 5.96. The van der Waals surface area contributed by atoms with Gasteiger partial charge in [0, 0.05) is 12.1 Å². The van der Waals surface area contributed by atoms with Crippen molar-refractivity contribution in [1.29, 1.82) is 0 Å². The van der Waals surface area contributed by atoms with Crippen molar-refractivity contribution in [2.75, 3.05) is 40.3 Å². The van der Waals surface area contributed by atoms with Gasteiger partial charge in [-0.2, -0.15) is 0 Å². The molecule has 2 aliphatic heterocycles. The van der Waals surface area contributed by atoms with Crippen LogP contribution < -0.4 is 5.32 Å². The SMILES string of the molecule is CN(C)CCCN1CCCCC1C1CCCN1. The van der Waals surface area contributed by atoms with Crippen LogP contribution in [0.25, 0.3) is 0 Å². The van der Waals surface area contributed by atoms with E-state index in [0.717, 1.165) is 12.1 Å². The van der Waals surface area contributed by atoms with Crippen molar-refractivity contribution < 1.29 is 0 Å². The molecule has 1 N–H and O–H groups in total. The van der Waals surface area contributed by atoms with Gasteiger partial charge in [-0.05, 0) is 72.4 Å². The molecule has 3 heteroatoms. The summed E-state index contributed by atoms with van der Waals surface area (Å²) in [5.74, 6) is 0. The average molecular weight is 239 g/mol. The van der Waals surface area contributed by atoms with Crippen molar-refractivity contribution in [3.63, 3.8) is 0 Å². The molecule has 3 nitrogen and oxygen atoms in total. The van der Waals surface area contributed by atoms with Crippen LogP contribution >= 0.6 is 0 Å². The van der Waals surface area contributed by atoms with Crippen LogP contribution in [0.2, 0.25) is 0 Å². The van der Waals surface area contributed by atoms with Crippen LogP contribution in [0.3, 0.4) is 0 Å². The standard InChI is InChI=1S/C14H29N3/c1-16(2)10-6-12-17-11-4-3-8-14(17)13-7-5-9-15-13/h13-15H,3-12H2,1-2H3. The highest BCUT2D eigenvalue weighted by Crippen LogP contribution is 2.24. The first kappa shape index (κ1) is 13.3. The van der Waals surface area contributed by atoms with E-state index in [1.54, 1.807) is 0 Å². The zero-order valence-corrected chi connectivity index (χ0v) is 11.6. The topological polar surface area (TPSA) is 18.5 Å². The summed E-state index contributed by atoms with van der Waals surface area (Å²) in [5.41, 5.74) is 0. The Kier molecular flexibility index (Phi) is 5.26. The molecule has 0 amide bonds. The number of hydrogen-bond acceptors (Lipinski definition) is 3. The quantitative estimate of drug-likeness (QED) is 0.785. The molecule has 0 saturated carbocycles. The van der Waals surface area contributed by atoms with E-state index in [9.17, 15) is 0 Å². The van der Waals surface area contributed by atoms with Gasteiger partial charge in [-0.15, -0.1) is 0 Å². The van der Waals surface area contributed by atoms with Gasteiger partial charge in [0.2, 0.25) is 0 Å². The van der Waals surface area contributed by atoms with E-state index >= 15 is 0 Å². The lowest BCUT2D eigenvalue weighted by Crippen LogP contribution is -2.50. The molecule has 2 rings (SSSR count). The van der Waals surface area contributed by atoms with Gasteiger partial charge in [-0.3, -0.25) is 4.90 Å². The van der Waals surface area contributed by atoms with Crippen LogP contribution in [0.4, 0.5) is 0 Å². The van der Waals surface area contributed by atoms with Gasteiger partial charge in [0.1, 0.15) is 0 Å². The maximum absolute atomic E-state index is 3.70. The third-order valence-corrected chi connectivity index (χ3v) is 4.28. The average Bonchev–Trinajstić information content (AvgIpc) is 2.82. The lowest BCUT2D eigenvalue weighted by Gasteiger charge is -2.39. The molecule has 2 unspecified atom stereocenters. The van der Waals surface area contributed by atoms with Crippen molar-refractivity contribution in [3.8, 4) is 0 Å². The highest BCUT2D eigenvalue weighted by molar-refractivity contribution is 4.90. The Morgan fingerprint density at radius 3 is 2.76 bits per heavy atom. The third kappa shape index (κ3) is 3.94. The Bertz CT molecular complexity index is 212. The predicted octanol–water partition coefficient (Wildman–Crippen LogP) is 1.54. The van der Waals surface area contributed by atoms with Crippen molar-refractivity contribution in [3.05, 3.63) is 0 Å². The molecule has 0 aromatic rings. The summed E-state index contributed by atoms with van der Waals surface area (Å²) < 4.78 is 0. The maximum atomic E-state index is 3.70. The van der Waals surface area contributed by atoms with E-state index in [2.05, 4.69) is 29.2 Å². The Hall–Kier alpha value is -0.120. The molecule has 2 fully saturated rings. The fraction of sp³-hybridized carbons (Fsp3) is 1.00. The number of rotatable bonds is 5. The fourth-order valence-electron chi connectivity index (χ4n) is 3.38. The van der Waals surface area contributed by atoms with Crippen LogP contribution in [0.1, 0.15) is 38.5 Å². The van der Waals surface area contributed by atoms with Crippen LogP contribution in [0, 0.1) is 0 Å². The summed E-state index contributed by atoms with van der Waals surface area (Å²) in [6, 6.07) is 1.61. The molecule has 0 spiro atoms. The summed E-state index contributed by atoms with van der Waals surface area (Å²) in [5, 5.41) is 3.70. The van der Waals surface area contributed by atoms with Gasteiger partial charge < -0.3 is 10.2 Å². The van der Waals surface area contributed by atoms with Crippen molar-refractivity contribution >= 4 is 0 Å². The van der Waals surface area contributed by atoms with E-state index in [1.165, 1.54) is 64.7 Å². The van der Waals surface area contributed by atoms with E-state index < -0.39 is 0 Å². The van der Waals surface area contributed by atoms with Crippen molar-refractivity contribution in [2.45, 2.75) is 50.6 Å². The number of nitrogens with zero attached hydrogens (tertiary/aromatic N) is 2. The lowest BCUT2D eigenvalue weighted by atomic mass is 9.94. The van der Waals surface area contributed by atoms with Gasteiger partial charge in [0.15, 0.2) is 0 Å². The molecule has 2 saturated heterocycles. The van der Waals surface area contributed by atoms with E-state index in [0.29, 0.717) is 0 Å². The first-order chi connectivity index (χ1) is 8.27. The first-order valence-electron chi connectivity index (χ1n) is 7.39. The van der Waals surface area contributed by atoms with E-state index in [-0.39, 0.29) is 0 Å². The molecule has 2 aliphatic rings. The zero-order valence-electron chi connectivity index (χ0n) is 11.6. The lowest BCUT2D eigenvalue weighted by molar-refractivity contribution is 0.115. The van der Waals surface area contributed by atoms with Gasteiger partial charge >= 0.3 is 0 Å². The molecule has 0 aliphatic carbocycles. The number of hydrogen-bond donors (Lipinski definition) is 1. The Morgan fingerprint density at radius 1 is 1.18 bits per heavy atom. The van der Waals surface area contributed by atoms with Gasteiger partial charge in [0.25, 0.3) is 0 Å².